The smallest absolute Gasteiger partial charge is 0.151 e. The van der Waals surface area contributed by atoms with E-state index in [1.807, 2.05) is 0 Å². The maximum atomic E-state index is 11.8. The zero-order valence-electron chi connectivity index (χ0n) is 10.0. The van der Waals surface area contributed by atoms with E-state index in [0.717, 1.165) is 25.7 Å². The lowest BCUT2D eigenvalue weighted by atomic mass is 10.0. The summed E-state index contributed by atoms with van der Waals surface area (Å²) in [7, 11) is -2.97. The molecule has 0 aliphatic carbocycles. The number of nitrogens with two attached hydrogens (primary N) is 1. The van der Waals surface area contributed by atoms with Crippen molar-refractivity contribution in [2.45, 2.75) is 38.6 Å². The molecule has 16 heavy (non-hydrogen) atoms. The second-order valence-electron chi connectivity index (χ2n) is 4.61. The lowest BCUT2D eigenvalue weighted by Crippen LogP contribution is -2.38. The van der Waals surface area contributed by atoms with E-state index in [2.05, 4.69) is 6.92 Å². The van der Waals surface area contributed by atoms with Gasteiger partial charge in [-0.05, 0) is 12.8 Å². The molecule has 0 saturated carbocycles. The molecule has 4 nitrogen and oxygen atoms in total. The van der Waals surface area contributed by atoms with E-state index >= 15 is 0 Å². The summed E-state index contributed by atoms with van der Waals surface area (Å²) < 4.78 is 28.7. The van der Waals surface area contributed by atoms with Crippen LogP contribution in [-0.2, 0) is 14.6 Å². The molecule has 0 amide bonds. The Balaban J connectivity index is 2.33. The Morgan fingerprint density at radius 1 is 1.44 bits per heavy atom. The first kappa shape index (κ1) is 13.9. The van der Waals surface area contributed by atoms with Gasteiger partial charge in [0.25, 0.3) is 0 Å². The van der Waals surface area contributed by atoms with Crippen LogP contribution in [0.4, 0.5) is 0 Å². The van der Waals surface area contributed by atoms with Gasteiger partial charge in [-0.15, -0.1) is 0 Å². The first-order valence-electron chi connectivity index (χ1n) is 6.09. The molecule has 0 aromatic carbocycles. The van der Waals surface area contributed by atoms with E-state index in [4.69, 9.17) is 10.5 Å². The fourth-order valence-electron chi connectivity index (χ4n) is 1.98. The molecular formula is C11H23NO3S. The van der Waals surface area contributed by atoms with Crippen LogP contribution in [-0.4, -0.2) is 39.2 Å². The number of ether oxygens (including phenoxy) is 1. The van der Waals surface area contributed by atoms with Crippen molar-refractivity contribution in [3.05, 3.63) is 0 Å². The Hall–Kier alpha value is -0.130. The van der Waals surface area contributed by atoms with Crippen LogP contribution in [0.15, 0.2) is 0 Å². The molecule has 1 aliphatic heterocycles. The second kappa shape index (κ2) is 6.57. The highest BCUT2D eigenvalue weighted by molar-refractivity contribution is 7.91. The lowest BCUT2D eigenvalue weighted by Gasteiger charge is -2.17. The molecule has 2 unspecified atom stereocenters. The number of rotatable bonds is 7. The van der Waals surface area contributed by atoms with Crippen LogP contribution in [0.5, 0.6) is 0 Å². The van der Waals surface area contributed by atoms with Crippen LogP contribution >= 0.6 is 0 Å². The molecule has 1 rings (SSSR count). The molecule has 0 spiro atoms. The van der Waals surface area contributed by atoms with Crippen molar-refractivity contribution in [1.82, 2.24) is 0 Å². The maximum absolute atomic E-state index is 11.8. The van der Waals surface area contributed by atoms with Crippen LogP contribution in [0.2, 0.25) is 0 Å². The highest BCUT2D eigenvalue weighted by atomic mass is 32.2. The van der Waals surface area contributed by atoms with Crippen molar-refractivity contribution in [3.8, 4) is 0 Å². The van der Waals surface area contributed by atoms with Gasteiger partial charge in [0.05, 0.1) is 18.1 Å². The fraction of sp³-hybridized carbons (Fsp3) is 1.00. The molecule has 1 heterocycles. The lowest BCUT2D eigenvalue weighted by molar-refractivity contribution is 0.182. The average Bonchev–Trinajstić information content (AvgIpc) is 2.69. The molecular weight excluding hydrogens is 226 g/mol. The van der Waals surface area contributed by atoms with Crippen LogP contribution in [0.3, 0.4) is 0 Å². The first-order valence-corrected chi connectivity index (χ1v) is 7.91. The minimum atomic E-state index is -2.97. The van der Waals surface area contributed by atoms with Gasteiger partial charge in [-0.1, -0.05) is 19.8 Å². The number of hydrogen-bond donors (Lipinski definition) is 1. The third kappa shape index (κ3) is 4.80. The van der Waals surface area contributed by atoms with Gasteiger partial charge in [0.15, 0.2) is 9.84 Å². The van der Waals surface area contributed by atoms with E-state index in [1.54, 1.807) is 0 Å². The molecule has 2 N–H and O–H groups in total. The minimum absolute atomic E-state index is 0.116. The fourth-order valence-corrected chi connectivity index (χ4v) is 3.64. The molecule has 1 fully saturated rings. The second-order valence-corrected chi connectivity index (χ2v) is 6.84. The van der Waals surface area contributed by atoms with Gasteiger partial charge >= 0.3 is 0 Å². The number of unbranched alkanes of at least 4 members (excludes halogenated alkanes) is 2. The van der Waals surface area contributed by atoms with E-state index < -0.39 is 9.84 Å². The quantitative estimate of drug-likeness (QED) is 0.682. The SMILES string of the molecule is CCCCCS(=O)(=O)CC(N)C1CCOC1. The maximum Gasteiger partial charge on any atom is 0.151 e. The van der Waals surface area contributed by atoms with E-state index in [0.29, 0.717) is 13.2 Å². The highest BCUT2D eigenvalue weighted by Crippen LogP contribution is 2.17. The molecule has 1 aliphatic rings. The minimum Gasteiger partial charge on any atom is -0.381 e. The highest BCUT2D eigenvalue weighted by Gasteiger charge is 2.26. The molecule has 0 bridgehead atoms. The molecule has 96 valence electrons. The van der Waals surface area contributed by atoms with Gasteiger partial charge in [-0.2, -0.15) is 0 Å². The van der Waals surface area contributed by atoms with E-state index in [9.17, 15) is 8.42 Å². The molecule has 0 aromatic heterocycles. The molecule has 5 heteroatoms. The number of sulfone groups is 1. The largest absolute Gasteiger partial charge is 0.381 e. The van der Waals surface area contributed by atoms with Gasteiger partial charge in [-0.25, -0.2) is 8.42 Å². The Labute approximate surface area is 98.5 Å². The normalized spacial score (nSPS) is 23.5. The summed E-state index contributed by atoms with van der Waals surface area (Å²) in [6.45, 7) is 3.40. The summed E-state index contributed by atoms with van der Waals surface area (Å²) in [6, 6.07) is -0.255. The van der Waals surface area contributed by atoms with Crippen LogP contribution in [0.1, 0.15) is 32.6 Å². The number of hydrogen-bond acceptors (Lipinski definition) is 4. The zero-order chi connectivity index (χ0) is 12.0. The van der Waals surface area contributed by atoms with Crippen LogP contribution < -0.4 is 5.73 Å². The van der Waals surface area contributed by atoms with Gasteiger partial charge in [0.1, 0.15) is 0 Å². The van der Waals surface area contributed by atoms with Gasteiger partial charge in [-0.3, -0.25) is 0 Å². The summed E-state index contributed by atoms with van der Waals surface area (Å²) in [5.41, 5.74) is 5.91. The van der Waals surface area contributed by atoms with Gasteiger partial charge in [0.2, 0.25) is 0 Å². The predicted octanol–water partition coefficient (Wildman–Crippen LogP) is 0.955. The average molecular weight is 249 g/mol. The van der Waals surface area contributed by atoms with Crippen molar-refractivity contribution >= 4 is 9.84 Å². The zero-order valence-corrected chi connectivity index (χ0v) is 10.8. The molecule has 2 atom stereocenters. The summed E-state index contributed by atoms with van der Waals surface area (Å²) in [5, 5.41) is 0. The first-order chi connectivity index (χ1) is 7.55. The summed E-state index contributed by atoms with van der Waals surface area (Å²) in [6.07, 6.45) is 3.66. The van der Waals surface area contributed by atoms with Crippen molar-refractivity contribution < 1.29 is 13.2 Å². The summed E-state index contributed by atoms with van der Waals surface area (Å²) in [4.78, 5) is 0. The summed E-state index contributed by atoms with van der Waals surface area (Å²) >= 11 is 0. The van der Waals surface area contributed by atoms with Crippen LogP contribution in [0.25, 0.3) is 0 Å². The Bertz CT molecular complexity index is 284. The van der Waals surface area contributed by atoms with Crippen molar-refractivity contribution in [3.63, 3.8) is 0 Å². The van der Waals surface area contributed by atoms with Crippen molar-refractivity contribution in [2.75, 3.05) is 24.7 Å². The Morgan fingerprint density at radius 2 is 2.19 bits per heavy atom. The third-order valence-corrected chi connectivity index (χ3v) is 4.88. The summed E-state index contributed by atoms with van der Waals surface area (Å²) in [5.74, 6) is 0.619. The third-order valence-electron chi connectivity index (χ3n) is 3.08. The topological polar surface area (TPSA) is 69.4 Å². The molecule has 0 aromatic rings. The van der Waals surface area contributed by atoms with E-state index in [1.165, 1.54) is 0 Å². The van der Waals surface area contributed by atoms with Crippen molar-refractivity contribution in [1.29, 1.82) is 0 Å². The predicted molar refractivity (Wildman–Crippen MR) is 65.1 cm³/mol. The monoisotopic (exact) mass is 249 g/mol. The van der Waals surface area contributed by atoms with Gasteiger partial charge in [0, 0.05) is 18.6 Å². The van der Waals surface area contributed by atoms with Crippen LogP contribution in [0, 0.1) is 5.92 Å². The Morgan fingerprint density at radius 3 is 2.75 bits per heavy atom. The van der Waals surface area contributed by atoms with Crippen molar-refractivity contribution in [2.24, 2.45) is 11.7 Å². The Kier molecular flexibility index (Phi) is 5.72. The van der Waals surface area contributed by atoms with Gasteiger partial charge < -0.3 is 10.5 Å². The standard InChI is InChI=1S/C11H23NO3S/c1-2-3-4-7-16(13,14)9-11(12)10-5-6-15-8-10/h10-11H,2-9,12H2,1H3. The molecule has 1 saturated heterocycles. The van der Waals surface area contributed by atoms with E-state index in [-0.39, 0.29) is 23.5 Å². The molecule has 0 radical (unpaired) electrons.